The fourth-order valence-electron chi connectivity index (χ4n) is 4.86. The van der Waals surface area contributed by atoms with Crippen LogP contribution in [0, 0.1) is 0 Å². The van der Waals surface area contributed by atoms with Crippen molar-refractivity contribution in [3.05, 3.63) is 89.5 Å². The minimum Gasteiger partial charge on any atom is -0.494 e. The van der Waals surface area contributed by atoms with Gasteiger partial charge in [0.25, 0.3) is 0 Å². The second-order valence-corrected chi connectivity index (χ2v) is 9.98. The molecule has 41 heavy (non-hydrogen) atoms. The molecule has 4 aromatic rings. The van der Waals surface area contributed by atoms with Crippen LogP contribution in [0.25, 0.3) is 10.9 Å². The first-order valence-electron chi connectivity index (χ1n) is 13.2. The number of methoxy groups -OCH3 is 1. The first kappa shape index (κ1) is 30.2. The van der Waals surface area contributed by atoms with Gasteiger partial charge < -0.3 is 24.6 Å². The Morgan fingerprint density at radius 1 is 0.976 bits per heavy atom. The molecule has 3 aromatic carbocycles. The van der Waals surface area contributed by atoms with Crippen LogP contribution in [-0.2, 0) is 9.53 Å². The van der Waals surface area contributed by atoms with E-state index in [4.69, 9.17) is 9.73 Å². The number of likely N-dealkylation sites (N-methyl/N-ethyl adjacent to an activating group) is 2. The summed E-state index contributed by atoms with van der Waals surface area (Å²) in [7, 11) is 5.22. The third-order valence-corrected chi connectivity index (χ3v) is 7.29. The molecule has 9 nitrogen and oxygen atoms in total. The number of esters is 1. The van der Waals surface area contributed by atoms with E-state index in [1.165, 1.54) is 7.11 Å². The summed E-state index contributed by atoms with van der Waals surface area (Å²) in [5.41, 5.74) is 4.34. The number of aromatic nitrogens is 1. The SMILES string of the molecule is COC(=O)c1ccc2c(C(=Nc3ccc(N(C)C(=O)CN4CCN(C)CC4)cc3)c3ccccc3)c(O)[nH]c2c1.I. The van der Waals surface area contributed by atoms with Crippen molar-refractivity contribution >= 4 is 63.8 Å². The van der Waals surface area contributed by atoms with E-state index < -0.39 is 5.97 Å². The Hall–Kier alpha value is -3.74. The lowest BCUT2D eigenvalue weighted by Gasteiger charge is -2.32. The van der Waals surface area contributed by atoms with E-state index in [1.807, 2.05) is 54.6 Å². The van der Waals surface area contributed by atoms with Crippen molar-refractivity contribution in [2.24, 2.45) is 4.99 Å². The zero-order chi connectivity index (χ0) is 28.2. The van der Waals surface area contributed by atoms with Crippen molar-refractivity contribution in [3.8, 4) is 5.88 Å². The molecule has 214 valence electrons. The summed E-state index contributed by atoms with van der Waals surface area (Å²) in [6.45, 7) is 4.09. The van der Waals surface area contributed by atoms with Crippen LogP contribution in [-0.4, -0.2) is 91.4 Å². The highest BCUT2D eigenvalue weighted by Gasteiger charge is 2.21. The second-order valence-electron chi connectivity index (χ2n) is 9.98. The minimum atomic E-state index is -0.457. The average Bonchev–Trinajstić information content (AvgIpc) is 3.31. The number of aliphatic imine (C=N–C) groups is 1. The lowest BCUT2D eigenvalue weighted by atomic mass is 10.00. The van der Waals surface area contributed by atoms with Gasteiger partial charge in [-0.2, -0.15) is 0 Å². The number of carbonyl (C=O) groups is 2. The van der Waals surface area contributed by atoms with Gasteiger partial charge in [-0.05, 0) is 43.4 Å². The van der Waals surface area contributed by atoms with Crippen LogP contribution >= 0.6 is 24.0 Å². The Labute approximate surface area is 256 Å². The Kier molecular flexibility index (Phi) is 9.79. The zero-order valence-corrected chi connectivity index (χ0v) is 25.7. The van der Waals surface area contributed by atoms with Crippen LogP contribution in [0.2, 0.25) is 0 Å². The topological polar surface area (TPSA) is 101 Å². The number of nitrogens with zero attached hydrogens (tertiary/aromatic N) is 4. The van der Waals surface area contributed by atoms with Gasteiger partial charge in [0.1, 0.15) is 0 Å². The van der Waals surface area contributed by atoms with Crippen molar-refractivity contribution in [3.63, 3.8) is 0 Å². The normalized spacial score (nSPS) is 14.5. The molecule has 0 bridgehead atoms. The lowest BCUT2D eigenvalue weighted by molar-refractivity contribution is -0.119. The van der Waals surface area contributed by atoms with Crippen LogP contribution in [0.15, 0.2) is 77.8 Å². The van der Waals surface area contributed by atoms with Crippen LogP contribution in [0.3, 0.4) is 0 Å². The fraction of sp³-hybridized carbons (Fsp3) is 0.258. The predicted molar refractivity (Wildman–Crippen MR) is 172 cm³/mol. The molecule has 5 rings (SSSR count). The molecule has 0 spiro atoms. The van der Waals surface area contributed by atoms with Crippen LogP contribution in [0.4, 0.5) is 11.4 Å². The number of piperazine rings is 1. The van der Waals surface area contributed by atoms with Crippen molar-refractivity contribution in [2.45, 2.75) is 0 Å². The highest BCUT2D eigenvalue weighted by Crippen LogP contribution is 2.32. The standard InChI is InChI=1S/C31H33N5O4.HI/c1-34-15-17-36(18-16-34)20-27(37)35(2)24-12-10-23(11-13-24)32-29(21-7-5-4-6-8-21)28-25-14-9-22(31(39)40-3)19-26(25)33-30(28)38;/h4-14,19,33,38H,15-18,20H2,1-3H3;1H. The number of fused-ring (bicyclic) bond motifs is 1. The Morgan fingerprint density at radius 2 is 1.66 bits per heavy atom. The number of nitrogens with one attached hydrogen (secondary N) is 1. The van der Waals surface area contributed by atoms with Crippen molar-refractivity contribution < 1.29 is 19.4 Å². The number of amides is 1. The summed E-state index contributed by atoms with van der Waals surface area (Å²) in [5, 5.41) is 11.7. The monoisotopic (exact) mass is 667 g/mol. The number of aromatic hydroxyl groups is 1. The van der Waals surface area contributed by atoms with Gasteiger partial charge >= 0.3 is 5.97 Å². The molecule has 0 aliphatic carbocycles. The maximum atomic E-state index is 12.9. The van der Waals surface area contributed by atoms with Crippen LogP contribution < -0.4 is 4.90 Å². The van der Waals surface area contributed by atoms with Crippen LogP contribution in [0.5, 0.6) is 5.88 Å². The number of hydrogen-bond donors (Lipinski definition) is 2. The molecule has 2 N–H and O–H groups in total. The maximum absolute atomic E-state index is 12.9. The molecule has 1 aliphatic rings. The third-order valence-electron chi connectivity index (χ3n) is 7.29. The van der Waals surface area contributed by atoms with Crippen LogP contribution in [0.1, 0.15) is 21.5 Å². The largest absolute Gasteiger partial charge is 0.494 e. The number of hydrogen-bond acceptors (Lipinski definition) is 7. The smallest absolute Gasteiger partial charge is 0.337 e. The van der Waals surface area contributed by atoms with Crippen molar-refractivity contribution in [1.82, 2.24) is 14.8 Å². The molecule has 0 radical (unpaired) electrons. The molecule has 0 saturated carbocycles. The maximum Gasteiger partial charge on any atom is 0.337 e. The number of ether oxygens (including phenoxy) is 1. The summed E-state index contributed by atoms with van der Waals surface area (Å²) in [6.07, 6.45) is 0. The number of rotatable bonds is 7. The zero-order valence-electron chi connectivity index (χ0n) is 23.3. The first-order chi connectivity index (χ1) is 19.3. The highest BCUT2D eigenvalue weighted by molar-refractivity contribution is 14.0. The number of anilines is 1. The van der Waals surface area contributed by atoms with E-state index in [2.05, 4.69) is 21.8 Å². The molecule has 1 fully saturated rings. The van der Waals surface area contributed by atoms with E-state index in [1.54, 1.807) is 30.1 Å². The fourth-order valence-corrected chi connectivity index (χ4v) is 4.86. The third kappa shape index (κ3) is 6.77. The van der Waals surface area contributed by atoms with Gasteiger partial charge in [0.15, 0.2) is 5.88 Å². The number of halogens is 1. The van der Waals surface area contributed by atoms with Gasteiger partial charge in [0.2, 0.25) is 5.91 Å². The summed E-state index contributed by atoms with van der Waals surface area (Å²) >= 11 is 0. The van der Waals surface area contributed by atoms with E-state index in [0.717, 1.165) is 42.8 Å². The van der Waals surface area contributed by atoms with Gasteiger partial charge in [-0.1, -0.05) is 36.4 Å². The molecule has 2 heterocycles. The number of benzene rings is 3. The molecule has 0 atom stereocenters. The summed E-state index contributed by atoms with van der Waals surface area (Å²) < 4.78 is 4.83. The van der Waals surface area contributed by atoms with E-state index in [-0.39, 0.29) is 35.8 Å². The van der Waals surface area contributed by atoms with Gasteiger partial charge in [-0.15, -0.1) is 24.0 Å². The highest BCUT2D eigenvalue weighted by atomic mass is 127. The minimum absolute atomic E-state index is 0. The van der Waals surface area contributed by atoms with E-state index in [9.17, 15) is 14.7 Å². The van der Waals surface area contributed by atoms with Crippen molar-refractivity contribution in [1.29, 1.82) is 0 Å². The molecular weight excluding hydrogens is 633 g/mol. The summed E-state index contributed by atoms with van der Waals surface area (Å²) in [5.74, 6) is -0.465. The van der Waals surface area contributed by atoms with E-state index >= 15 is 0 Å². The van der Waals surface area contributed by atoms with Gasteiger partial charge in [-0.25, -0.2) is 9.79 Å². The van der Waals surface area contributed by atoms with Gasteiger partial charge in [0.05, 0.1) is 36.2 Å². The lowest BCUT2D eigenvalue weighted by Crippen LogP contribution is -2.48. The summed E-state index contributed by atoms with van der Waals surface area (Å²) in [4.78, 5) is 39.0. The van der Waals surface area contributed by atoms with Gasteiger partial charge in [-0.3, -0.25) is 9.69 Å². The van der Waals surface area contributed by atoms with Gasteiger partial charge in [0, 0.05) is 55.4 Å². The Morgan fingerprint density at radius 3 is 2.32 bits per heavy atom. The van der Waals surface area contributed by atoms with E-state index in [0.29, 0.717) is 34.6 Å². The second kappa shape index (κ2) is 13.3. The molecular formula is C31H34IN5O4. The molecule has 1 amide bonds. The first-order valence-corrected chi connectivity index (χ1v) is 13.2. The summed E-state index contributed by atoms with van der Waals surface area (Å²) in [6, 6.07) is 22.2. The molecule has 1 saturated heterocycles. The number of H-pyrrole nitrogens is 1. The number of carbonyl (C=O) groups excluding carboxylic acids is 2. The molecule has 1 aliphatic heterocycles. The molecule has 0 unspecified atom stereocenters. The Balaban J connectivity index is 0.00000387. The molecule has 1 aromatic heterocycles. The average molecular weight is 668 g/mol. The Bertz CT molecular complexity index is 1540. The predicted octanol–water partition coefficient (Wildman–Crippen LogP) is 4.66. The van der Waals surface area contributed by atoms with Crippen molar-refractivity contribution in [2.75, 3.05) is 58.8 Å². The number of aromatic amines is 1. The molecule has 10 heteroatoms. The quantitative estimate of drug-likeness (QED) is 0.169.